The highest BCUT2D eigenvalue weighted by molar-refractivity contribution is 7.17. The second-order valence-corrected chi connectivity index (χ2v) is 9.33. The monoisotopic (exact) mass is 429 g/mol. The summed E-state index contributed by atoms with van der Waals surface area (Å²) < 4.78 is 5.07. The first-order valence-electron chi connectivity index (χ1n) is 9.89. The Morgan fingerprint density at radius 2 is 1.87 bits per heavy atom. The van der Waals surface area contributed by atoms with Gasteiger partial charge in [-0.2, -0.15) is 0 Å². The molecule has 0 aliphatic carbocycles. The van der Waals surface area contributed by atoms with Crippen LogP contribution in [-0.4, -0.2) is 36.0 Å². The van der Waals surface area contributed by atoms with E-state index in [1.807, 2.05) is 12.1 Å². The highest BCUT2D eigenvalue weighted by Gasteiger charge is 2.30. The van der Waals surface area contributed by atoms with Crippen molar-refractivity contribution < 1.29 is 19.1 Å². The molecule has 0 bridgehead atoms. The molecule has 3 N–H and O–H groups in total. The number of amides is 3. The van der Waals surface area contributed by atoms with Crippen LogP contribution in [0.1, 0.15) is 64.4 Å². The Labute approximate surface area is 180 Å². The number of nitrogens with two attached hydrogens (primary N) is 1. The van der Waals surface area contributed by atoms with Crippen molar-refractivity contribution in [3.63, 3.8) is 0 Å². The zero-order chi connectivity index (χ0) is 22.1. The number of primary amides is 1. The Balaban J connectivity index is 1.84. The molecule has 1 aliphatic rings. The number of thiophene rings is 1. The van der Waals surface area contributed by atoms with Crippen molar-refractivity contribution in [1.29, 1.82) is 0 Å². The van der Waals surface area contributed by atoms with Gasteiger partial charge in [-0.15, -0.1) is 11.3 Å². The number of carbonyl (C=O) groups is 3. The van der Waals surface area contributed by atoms with E-state index >= 15 is 0 Å². The van der Waals surface area contributed by atoms with Crippen LogP contribution in [0.25, 0.3) is 0 Å². The maximum absolute atomic E-state index is 12.8. The predicted octanol–water partition coefficient (Wildman–Crippen LogP) is 3.91. The minimum Gasteiger partial charge on any atom is -0.450 e. The van der Waals surface area contributed by atoms with Gasteiger partial charge >= 0.3 is 6.09 Å². The third-order valence-electron chi connectivity index (χ3n) is 5.07. The molecule has 2 aromatic rings. The van der Waals surface area contributed by atoms with E-state index < -0.39 is 5.91 Å². The zero-order valence-corrected chi connectivity index (χ0v) is 18.5. The third-order valence-corrected chi connectivity index (χ3v) is 6.20. The second kappa shape index (κ2) is 8.47. The van der Waals surface area contributed by atoms with Crippen molar-refractivity contribution in [2.24, 2.45) is 5.73 Å². The molecule has 0 unspecified atom stereocenters. The van der Waals surface area contributed by atoms with Gasteiger partial charge in [0.25, 0.3) is 11.8 Å². The van der Waals surface area contributed by atoms with E-state index in [-0.39, 0.29) is 17.4 Å². The highest BCUT2D eigenvalue weighted by atomic mass is 32.1. The van der Waals surface area contributed by atoms with Crippen LogP contribution >= 0.6 is 11.3 Å². The van der Waals surface area contributed by atoms with Crippen LogP contribution in [0.2, 0.25) is 0 Å². The van der Waals surface area contributed by atoms with E-state index in [4.69, 9.17) is 10.5 Å². The highest BCUT2D eigenvalue weighted by Crippen LogP contribution is 2.37. The molecular weight excluding hydrogens is 402 g/mol. The van der Waals surface area contributed by atoms with Gasteiger partial charge in [0, 0.05) is 17.0 Å². The average Bonchev–Trinajstić information content (AvgIpc) is 3.04. The lowest BCUT2D eigenvalue weighted by Crippen LogP contribution is -2.36. The van der Waals surface area contributed by atoms with Crippen molar-refractivity contribution in [1.82, 2.24) is 4.90 Å². The molecule has 8 heteroatoms. The van der Waals surface area contributed by atoms with Crippen LogP contribution in [0.15, 0.2) is 24.3 Å². The molecule has 1 aromatic carbocycles. The number of nitrogens with zero attached hydrogens (tertiary/aromatic N) is 1. The normalized spacial score (nSPS) is 13.5. The molecule has 0 spiro atoms. The summed E-state index contributed by atoms with van der Waals surface area (Å²) in [7, 11) is 0. The van der Waals surface area contributed by atoms with Crippen molar-refractivity contribution >= 4 is 34.2 Å². The number of anilines is 1. The van der Waals surface area contributed by atoms with Crippen LogP contribution < -0.4 is 11.1 Å². The molecule has 30 heavy (non-hydrogen) atoms. The van der Waals surface area contributed by atoms with Gasteiger partial charge in [0.05, 0.1) is 18.7 Å². The molecule has 0 saturated heterocycles. The predicted molar refractivity (Wildman–Crippen MR) is 117 cm³/mol. The van der Waals surface area contributed by atoms with E-state index in [9.17, 15) is 14.4 Å². The number of fused-ring (bicyclic) bond motifs is 1. The first kappa shape index (κ1) is 21.8. The fourth-order valence-electron chi connectivity index (χ4n) is 3.42. The van der Waals surface area contributed by atoms with Crippen molar-refractivity contribution in [3.05, 3.63) is 51.4 Å². The van der Waals surface area contributed by atoms with E-state index in [1.165, 1.54) is 11.3 Å². The van der Waals surface area contributed by atoms with Gasteiger partial charge < -0.3 is 20.7 Å². The maximum atomic E-state index is 12.8. The summed E-state index contributed by atoms with van der Waals surface area (Å²) in [4.78, 5) is 39.4. The molecule has 0 radical (unpaired) electrons. The summed E-state index contributed by atoms with van der Waals surface area (Å²) in [5, 5.41) is 3.26. The minimum atomic E-state index is -0.588. The Morgan fingerprint density at radius 3 is 2.43 bits per heavy atom. The summed E-state index contributed by atoms with van der Waals surface area (Å²) in [5.74, 6) is -0.894. The lowest BCUT2D eigenvalue weighted by molar-refractivity contribution is 0.0997. The lowest BCUT2D eigenvalue weighted by Gasteiger charge is -2.26. The van der Waals surface area contributed by atoms with Crippen LogP contribution in [0.4, 0.5) is 9.80 Å². The standard InChI is InChI=1S/C22H27N3O4S/c1-5-29-21(28)25-11-10-15-16(12-25)30-20(17(15)18(23)26)24-19(27)13-6-8-14(9-7-13)22(2,3)4/h6-9H,5,10-12H2,1-4H3,(H2,23,26)(H,24,27). The maximum Gasteiger partial charge on any atom is 0.410 e. The SMILES string of the molecule is CCOC(=O)N1CCc2c(sc(NC(=O)c3ccc(C(C)(C)C)cc3)c2C(N)=O)C1. The molecular formula is C22H27N3O4S. The van der Waals surface area contributed by atoms with Gasteiger partial charge in [-0.3, -0.25) is 9.59 Å². The molecule has 0 atom stereocenters. The van der Waals surface area contributed by atoms with E-state index in [1.54, 1.807) is 24.0 Å². The minimum absolute atomic E-state index is 0.00818. The van der Waals surface area contributed by atoms with Gasteiger partial charge in [0.15, 0.2) is 0 Å². The number of hydrogen-bond acceptors (Lipinski definition) is 5. The summed E-state index contributed by atoms with van der Waals surface area (Å²) in [6, 6.07) is 7.41. The molecule has 0 fully saturated rings. The Kier molecular flexibility index (Phi) is 6.17. The summed E-state index contributed by atoms with van der Waals surface area (Å²) in [5.41, 5.74) is 8.37. The zero-order valence-electron chi connectivity index (χ0n) is 17.7. The van der Waals surface area contributed by atoms with Gasteiger partial charge in [0.2, 0.25) is 0 Å². The fraction of sp³-hybridized carbons (Fsp3) is 0.409. The Bertz CT molecular complexity index is 974. The molecule has 1 aromatic heterocycles. The number of hydrogen-bond donors (Lipinski definition) is 2. The van der Waals surface area contributed by atoms with Crippen LogP contribution in [-0.2, 0) is 23.1 Å². The summed E-state index contributed by atoms with van der Waals surface area (Å²) in [6.07, 6.45) is 0.0979. The smallest absolute Gasteiger partial charge is 0.410 e. The Hall–Kier alpha value is -2.87. The van der Waals surface area contributed by atoms with Crippen molar-refractivity contribution in [2.45, 2.75) is 46.1 Å². The molecule has 160 valence electrons. The Morgan fingerprint density at radius 1 is 1.20 bits per heavy atom. The fourth-order valence-corrected chi connectivity index (χ4v) is 4.68. The summed E-state index contributed by atoms with van der Waals surface area (Å²) in [6.45, 7) is 9.14. The van der Waals surface area contributed by atoms with Gasteiger partial charge in [-0.25, -0.2) is 4.79 Å². The van der Waals surface area contributed by atoms with E-state index in [0.717, 1.165) is 16.0 Å². The first-order valence-corrected chi connectivity index (χ1v) is 10.7. The number of rotatable bonds is 4. The number of benzene rings is 1. The molecule has 0 saturated carbocycles. The van der Waals surface area contributed by atoms with Crippen LogP contribution in [0, 0.1) is 0 Å². The van der Waals surface area contributed by atoms with E-state index in [2.05, 4.69) is 26.1 Å². The summed E-state index contributed by atoms with van der Waals surface area (Å²) >= 11 is 1.28. The number of ether oxygens (including phenoxy) is 1. The number of carbonyl (C=O) groups excluding carboxylic acids is 3. The van der Waals surface area contributed by atoms with Crippen molar-refractivity contribution in [3.8, 4) is 0 Å². The molecule has 7 nitrogen and oxygen atoms in total. The largest absolute Gasteiger partial charge is 0.450 e. The lowest BCUT2D eigenvalue weighted by atomic mass is 9.87. The van der Waals surface area contributed by atoms with Gasteiger partial charge in [-0.05, 0) is 42.0 Å². The van der Waals surface area contributed by atoms with Gasteiger partial charge in [-0.1, -0.05) is 32.9 Å². The molecule has 3 amide bonds. The molecule has 2 heterocycles. The second-order valence-electron chi connectivity index (χ2n) is 8.22. The van der Waals surface area contributed by atoms with Crippen molar-refractivity contribution in [2.75, 3.05) is 18.5 Å². The van der Waals surface area contributed by atoms with Crippen LogP contribution in [0.5, 0.6) is 0 Å². The molecule has 1 aliphatic heterocycles. The van der Waals surface area contributed by atoms with Crippen LogP contribution in [0.3, 0.4) is 0 Å². The first-order chi connectivity index (χ1) is 14.1. The molecule has 3 rings (SSSR count). The average molecular weight is 430 g/mol. The third kappa shape index (κ3) is 4.48. The number of nitrogens with one attached hydrogen (secondary N) is 1. The van der Waals surface area contributed by atoms with Gasteiger partial charge in [0.1, 0.15) is 5.00 Å². The van der Waals surface area contributed by atoms with E-state index in [0.29, 0.717) is 42.2 Å². The topological polar surface area (TPSA) is 102 Å². The quantitative estimate of drug-likeness (QED) is 0.769.